The van der Waals surface area contributed by atoms with E-state index in [2.05, 4.69) is 15.5 Å². The zero-order chi connectivity index (χ0) is 13.1. The molecule has 1 aliphatic rings. The highest BCUT2D eigenvalue weighted by Crippen LogP contribution is 2.08. The molecule has 0 amide bonds. The molecule has 0 saturated carbocycles. The summed E-state index contributed by atoms with van der Waals surface area (Å²) in [4.78, 5) is 13.9. The largest absolute Gasteiger partial charge is 0.319 e. The van der Waals surface area contributed by atoms with Gasteiger partial charge in [-0.15, -0.1) is 0 Å². The molecule has 1 unspecified atom stereocenters. The van der Waals surface area contributed by atoms with E-state index in [1.165, 1.54) is 0 Å². The zero-order valence-corrected chi connectivity index (χ0v) is 12.5. The molecule has 4 nitrogen and oxygen atoms in total. The Kier molecular flexibility index (Phi) is 4.66. The van der Waals surface area contributed by atoms with Gasteiger partial charge in [0, 0.05) is 58.3 Å². The molecule has 2 heterocycles. The van der Waals surface area contributed by atoms with Gasteiger partial charge < -0.3 is 4.57 Å². The van der Waals surface area contributed by atoms with Crippen molar-refractivity contribution < 1.29 is 0 Å². The Morgan fingerprint density at radius 2 is 2.00 bits per heavy atom. The summed E-state index contributed by atoms with van der Waals surface area (Å²) in [5.41, 5.74) is 1.16. The van der Waals surface area contributed by atoms with Crippen LogP contribution in [0.4, 0.5) is 0 Å². The number of hydrogen-bond donors (Lipinski definition) is 0. The summed E-state index contributed by atoms with van der Waals surface area (Å²) in [5, 5.41) is 0. The van der Waals surface area contributed by atoms with Crippen LogP contribution in [0.2, 0.25) is 0 Å². The Balaban J connectivity index is 1.93. The lowest BCUT2D eigenvalue weighted by Gasteiger charge is -2.34. The first-order valence-electron chi connectivity index (χ1n) is 6.02. The number of piperazine rings is 1. The first-order chi connectivity index (χ1) is 8.56. The maximum Gasteiger partial charge on any atom is 0.250 e. The fraction of sp³-hybridized carbons (Fsp3) is 0.583. The number of aryl methyl sites for hydroxylation is 1. The number of aromatic nitrogens is 1. The molecule has 1 aromatic rings. The summed E-state index contributed by atoms with van der Waals surface area (Å²) in [6.07, 6.45) is 3.92. The van der Waals surface area contributed by atoms with Gasteiger partial charge in [0.2, 0.25) is 0 Å². The molecule has 6 heteroatoms. The fourth-order valence-electron chi connectivity index (χ4n) is 2.09. The molecular formula is C12H19N3OS2. The molecule has 0 bridgehead atoms. The number of nitrogens with zero attached hydrogens (tertiary/aromatic N) is 3. The number of rotatable bonds is 3. The second-order valence-electron chi connectivity index (χ2n) is 4.61. The minimum Gasteiger partial charge on any atom is -0.319 e. The van der Waals surface area contributed by atoms with Gasteiger partial charge in [0.25, 0.3) is 5.56 Å². The lowest BCUT2D eigenvalue weighted by atomic mass is 10.2. The van der Waals surface area contributed by atoms with E-state index in [0.29, 0.717) is 0 Å². The lowest BCUT2D eigenvalue weighted by Crippen LogP contribution is -2.46. The van der Waals surface area contributed by atoms with Crippen molar-refractivity contribution in [1.29, 1.82) is 0 Å². The van der Waals surface area contributed by atoms with E-state index in [0.717, 1.165) is 38.3 Å². The van der Waals surface area contributed by atoms with Gasteiger partial charge in [0.1, 0.15) is 0 Å². The molecule has 0 aliphatic carbocycles. The van der Waals surface area contributed by atoms with E-state index in [1.54, 1.807) is 17.7 Å². The molecule has 18 heavy (non-hydrogen) atoms. The van der Waals surface area contributed by atoms with E-state index in [9.17, 15) is 4.79 Å². The van der Waals surface area contributed by atoms with Crippen molar-refractivity contribution in [3.63, 3.8) is 0 Å². The minimum atomic E-state index is -0.0335. The molecule has 0 aromatic carbocycles. The van der Waals surface area contributed by atoms with E-state index >= 15 is 0 Å². The van der Waals surface area contributed by atoms with Gasteiger partial charge in [-0.1, -0.05) is 9.64 Å². The lowest BCUT2D eigenvalue weighted by molar-refractivity contribution is 0.188. The van der Waals surface area contributed by atoms with Crippen molar-refractivity contribution in [2.75, 3.05) is 32.4 Å². The maximum atomic E-state index is 11.5. The second-order valence-corrected chi connectivity index (χ2v) is 7.42. The summed E-state index contributed by atoms with van der Waals surface area (Å²) >= 11 is 5.29. The Morgan fingerprint density at radius 1 is 1.33 bits per heavy atom. The van der Waals surface area contributed by atoms with Crippen molar-refractivity contribution in [2.45, 2.75) is 6.54 Å². The Hall–Kier alpha value is -0.560. The highest BCUT2D eigenvalue weighted by atomic mass is 32.8. The Labute approximate surface area is 115 Å². The predicted octanol–water partition coefficient (Wildman–Crippen LogP) is 0.128. The van der Waals surface area contributed by atoms with Gasteiger partial charge in [0.15, 0.2) is 0 Å². The van der Waals surface area contributed by atoms with Gasteiger partial charge in [-0.05, 0) is 22.8 Å². The van der Waals surface area contributed by atoms with Crippen LogP contribution in [0.3, 0.4) is 0 Å². The summed E-state index contributed by atoms with van der Waals surface area (Å²) in [6.45, 7) is 4.99. The molecule has 1 aromatic heterocycles. The van der Waals surface area contributed by atoms with E-state index in [-0.39, 0.29) is 15.2 Å². The van der Waals surface area contributed by atoms with Gasteiger partial charge in [0.05, 0.1) is 0 Å². The third kappa shape index (κ3) is 3.47. The summed E-state index contributed by atoms with van der Waals surface area (Å²) in [7, 11) is 1.74. The van der Waals surface area contributed by atoms with Crippen LogP contribution in [0, 0.1) is 0 Å². The SMILES string of the molecule is Cn1ccc(CN2CCN(S(C)=S)CC2)cc1=O. The van der Waals surface area contributed by atoms with Crippen LogP contribution in [-0.4, -0.2) is 46.2 Å². The summed E-state index contributed by atoms with van der Waals surface area (Å²) < 4.78 is 3.94. The van der Waals surface area contributed by atoms with Crippen LogP contribution in [0.1, 0.15) is 5.56 Å². The third-order valence-corrected chi connectivity index (χ3v) is 4.99. The third-order valence-electron chi connectivity index (χ3n) is 3.27. The average Bonchev–Trinajstić information content (AvgIpc) is 2.34. The molecule has 0 spiro atoms. The van der Waals surface area contributed by atoms with Crippen molar-refractivity contribution in [1.82, 2.24) is 13.8 Å². The fourth-order valence-corrected chi connectivity index (χ4v) is 3.22. The molecule has 1 atom stereocenters. The van der Waals surface area contributed by atoms with Gasteiger partial charge >= 0.3 is 0 Å². The molecule has 0 radical (unpaired) electrons. The molecule has 2 rings (SSSR count). The topological polar surface area (TPSA) is 28.5 Å². The summed E-state index contributed by atoms with van der Waals surface area (Å²) in [5.74, 6) is 0. The van der Waals surface area contributed by atoms with Crippen LogP contribution in [0.25, 0.3) is 0 Å². The highest BCUT2D eigenvalue weighted by Gasteiger charge is 2.17. The van der Waals surface area contributed by atoms with Crippen LogP contribution >= 0.6 is 0 Å². The van der Waals surface area contributed by atoms with Crippen LogP contribution in [0.15, 0.2) is 23.1 Å². The Morgan fingerprint density at radius 3 is 2.56 bits per heavy atom. The molecule has 100 valence electrons. The summed E-state index contributed by atoms with van der Waals surface area (Å²) in [6, 6.07) is 3.75. The second kappa shape index (κ2) is 6.06. The average molecular weight is 285 g/mol. The smallest absolute Gasteiger partial charge is 0.250 e. The van der Waals surface area contributed by atoms with Crippen LogP contribution in [-0.2, 0) is 34.4 Å². The standard InChI is InChI=1S/C12H19N3OS2/c1-13-4-3-11(9-12(13)16)10-14-5-7-15(8-6-14)18(2)17/h3-4,9H,5-8,10H2,1-2H3. The molecular weight excluding hydrogens is 266 g/mol. The minimum absolute atomic E-state index is 0.0335. The van der Waals surface area contributed by atoms with Crippen LogP contribution < -0.4 is 5.56 Å². The normalized spacial score (nSPS) is 19.9. The van der Waals surface area contributed by atoms with Crippen molar-refractivity contribution >= 4 is 20.8 Å². The van der Waals surface area contributed by atoms with Crippen molar-refractivity contribution in [2.24, 2.45) is 7.05 Å². The molecule has 1 fully saturated rings. The quantitative estimate of drug-likeness (QED) is 0.789. The van der Waals surface area contributed by atoms with Crippen molar-refractivity contribution in [3.05, 3.63) is 34.2 Å². The van der Waals surface area contributed by atoms with E-state index in [1.807, 2.05) is 12.3 Å². The predicted molar refractivity (Wildman–Crippen MR) is 79.2 cm³/mol. The van der Waals surface area contributed by atoms with Gasteiger partial charge in [-0.2, -0.15) is 0 Å². The first kappa shape index (κ1) is 13.9. The van der Waals surface area contributed by atoms with Crippen molar-refractivity contribution in [3.8, 4) is 0 Å². The molecule has 0 N–H and O–H groups in total. The van der Waals surface area contributed by atoms with E-state index < -0.39 is 0 Å². The monoisotopic (exact) mass is 285 g/mol. The van der Waals surface area contributed by atoms with Gasteiger partial charge in [-0.25, -0.2) is 4.31 Å². The zero-order valence-electron chi connectivity index (χ0n) is 10.8. The van der Waals surface area contributed by atoms with Gasteiger partial charge in [-0.3, -0.25) is 9.69 Å². The maximum absolute atomic E-state index is 11.5. The Bertz CT molecular complexity index is 492. The first-order valence-corrected chi connectivity index (χ1v) is 8.54. The number of pyridine rings is 1. The van der Waals surface area contributed by atoms with E-state index in [4.69, 9.17) is 11.2 Å². The number of hydrogen-bond acceptors (Lipinski definition) is 3. The molecule has 1 aliphatic heterocycles. The molecule has 1 saturated heterocycles. The van der Waals surface area contributed by atoms with Crippen LogP contribution in [0.5, 0.6) is 0 Å². The highest BCUT2D eigenvalue weighted by molar-refractivity contribution is 8.27.